The molecule has 0 amide bonds. The maximum absolute atomic E-state index is 12.8. The van der Waals surface area contributed by atoms with Crippen LogP contribution in [0.1, 0.15) is 297 Å². The van der Waals surface area contributed by atoms with Gasteiger partial charge in [0.05, 0.1) is 0 Å². The Labute approximate surface area is 397 Å². The average molecular weight is 899 g/mol. The number of rotatable bonds is 51. The summed E-state index contributed by atoms with van der Waals surface area (Å²) >= 11 is 0. The molecular weight excluding hydrogens is 793 g/mol. The maximum atomic E-state index is 12.8. The largest absolute Gasteiger partial charge is 0.462 e. The first-order chi connectivity index (χ1) is 31.5. The molecule has 6 nitrogen and oxygen atoms in total. The summed E-state index contributed by atoms with van der Waals surface area (Å²) in [5, 5.41) is 0. The normalized spacial score (nSPS) is 12.2. The van der Waals surface area contributed by atoms with E-state index in [1.54, 1.807) is 0 Å². The molecule has 0 bridgehead atoms. The lowest BCUT2D eigenvalue weighted by molar-refractivity contribution is -0.167. The van der Waals surface area contributed by atoms with E-state index in [-0.39, 0.29) is 31.1 Å². The molecule has 0 saturated heterocycles. The van der Waals surface area contributed by atoms with E-state index in [0.717, 1.165) is 83.5 Å². The fourth-order valence-electron chi connectivity index (χ4n) is 8.12. The van der Waals surface area contributed by atoms with E-state index in [4.69, 9.17) is 14.2 Å². The molecule has 0 radical (unpaired) electrons. The molecule has 64 heavy (non-hydrogen) atoms. The van der Waals surface area contributed by atoms with Crippen molar-refractivity contribution in [3.05, 3.63) is 36.5 Å². The van der Waals surface area contributed by atoms with Crippen LogP contribution in [-0.4, -0.2) is 37.2 Å². The topological polar surface area (TPSA) is 78.9 Å². The molecule has 0 aromatic carbocycles. The molecule has 0 heterocycles. The van der Waals surface area contributed by atoms with Crippen LogP contribution in [0.25, 0.3) is 0 Å². The summed E-state index contributed by atoms with van der Waals surface area (Å²) in [6.07, 6.45) is 62.7. The van der Waals surface area contributed by atoms with E-state index in [1.165, 1.54) is 173 Å². The summed E-state index contributed by atoms with van der Waals surface area (Å²) in [6.45, 7) is 6.63. The van der Waals surface area contributed by atoms with Gasteiger partial charge in [0.15, 0.2) is 6.10 Å². The van der Waals surface area contributed by atoms with Crippen molar-refractivity contribution in [3.8, 4) is 0 Å². The van der Waals surface area contributed by atoms with Crippen molar-refractivity contribution in [2.24, 2.45) is 0 Å². The first-order valence-corrected chi connectivity index (χ1v) is 28.0. The van der Waals surface area contributed by atoms with Gasteiger partial charge in [-0.3, -0.25) is 14.4 Å². The molecule has 0 aliphatic rings. The molecule has 0 aliphatic heterocycles. The second-order valence-corrected chi connectivity index (χ2v) is 18.8. The summed E-state index contributed by atoms with van der Waals surface area (Å²) < 4.78 is 16.8. The highest BCUT2D eigenvalue weighted by atomic mass is 16.6. The second kappa shape index (κ2) is 53.2. The quantitative estimate of drug-likeness (QED) is 0.0262. The summed E-state index contributed by atoms with van der Waals surface area (Å²) in [6, 6.07) is 0. The maximum Gasteiger partial charge on any atom is 0.306 e. The van der Waals surface area contributed by atoms with Crippen LogP contribution in [0.5, 0.6) is 0 Å². The fourth-order valence-corrected chi connectivity index (χ4v) is 8.12. The third-order valence-electron chi connectivity index (χ3n) is 12.4. The van der Waals surface area contributed by atoms with Gasteiger partial charge in [0.1, 0.15) is 13.2 Å². The highest BCUT2D eigenvalue weighted by Crippen LogP contribution is 2.16. The minimum Gasteiger partial charge on any atom is -0.462 e. The highest BCUT2D eigenvalue weighted by molar-refractivity contribution is 5.71. The smallest absolute Gasteiger partial charge is 0.306 e. The predicted molar refractivity (Wildman–Crippen MR) is 275 cm³/mol. The molecule has 1 unspecified atom stereocenters. The molecule has 0 aromatic rings. The van der Waals surface area contributed by atoms with Crippen LogP contribution in [0.2, 0.25) is 0 Å². The molecule has 0 aromatic heterocycles. The van der Waals surface area contributed by atoms with Crippen LogP contribution in [0.15, 0.2) is 36.5 Å². The average Bonchev–Trinajstić information content (AvgIpc) is 3.29. The summed E-state index contributed by atoms with van der Waals surface area (Å²) in [5.41, 5.74) is 0. The second-order valence-electron chi connectivity index (χ2n) is 18.8. The lowest BCUT2D eigenvalue weighted by Crippen LogP contribution is -2.30. The van der Waals surface area contributed by atoms with Gasteiger partial charge in [-0.2, -0.15) is 0 Å². The Bertz CT molecular complexity index is 1080. The predicted octanol–water partition coefficient (Wildman–Crippen LogP) is 18.5. The number of allylic oxidation sites excluding steroid dienone is 6. The summed E-state index contributed by atoms with van der Waals surface area (Å²) in [7, 11) is 0. The van der Waals surface area contributed by atoms with Gasteiger partial charge in [-0.25, -0.2) is 0 Å². The van der Waals surface area contributed by atoms with Gasteiger partial charge in [0.2, 0.25) is 0 Å². The first kappa shape index (κ1) is 61.6. The van der Waals surface area contributed by atoms with Gasteiger partial charge in [0, 0.05) is 19.3 Å². The summed E-state index contributed by atoms with van der Waals surface area (Å²) in [4.78, 5) is 38.0. The monoisotopic (exact) mass is 899 g/mol. The molecule has 0 aliphatic carbocycles. The van der Waals surface area contributed by atoms with Crippen LogP contribution in [0.3, 0.4) is 0 Å². The molecule has 0 fully saturated rings. The molecule has 0 spiro atoms. The van der Waals surface area contributed by atoms with Crippen LogP contribution >= 0.6 is 0 Å². The van der Waals surface area contributed by atoms with Crippen molar-refractivity contribution in [1.82, 2.24) is 0 Å². The Morgan fingerprint density at radius 3 is 0.891 bits per heavy atom. The number of carbonyl (C=O) groups is 3. The fraction of sp³-hybridized carbons (Fsp3) is 0.845. The minimum absolute atomic E-state index is 0.0753. The van der Waals surface area contributed by atoms with E-state index in [0.29, 0.717) is 19.3 Å². The zero-order valence-electron chi connectivity index (χ0n) is 42.8. The van der Waals surface area contributed by atoms with Crippen molar-refractivity contribution in [1.29, 1.82) is 0 Å². The summed E-state index contributed by atoms with van der Waals surface area (Å²) in [5.74, 6) is -0.878. The van der Waals surface area contributed by atoms with Crippen molar-refractivity contribution in [3.63, 3.8) is 0 Å². The Balaban J connectivity index is 4.33. The standard InChI is InChI=1S/C58H106O6/c1-4-7-10-13-16-19-22-24-26-28-29-30-32-33-36-39-42-45-48-51-57(60)63-54-55(53-62-56(59)50-47-44-41-38-35-21-18-15-12-9-6-3)64-58(61)52-49-46-43-40-37-34-31-27-25-23-20-17-14-11-8-5-2/h20,23-24,26-27,31,55H,4-19,21-22,25,28-30,32-54H2,1-3H3/b23-20-,26-24-,31-27-. The number of unbranched alkanes of at least 4 members (excludes halogenated alkanes) is 34. The van der Waals surface area contributed by atoms with Crippen molar-refractivity contribution in [2.45, 2.75) is 303 Å². The third kappa shape index (κ3) is 50.6. The molecule has 374 valence electrons. The van der Waals surface area contributed by atoms with Crippen LogP contribution in [-0.2, 0) is 28.6 Å². The van der Waals surface area contributed by atoms with Gasteiger partial charge in [-0.05, 0) is 77.0 Å². The van der Waals surface area contributed by atoms with Gasteiger partial charge in [-0.1, -0.05) is 237 Å². The van der Waals surface area contributed by atoms with Gasteiger partial charge < -0.3 is 14.2 Å². The Kier molecular flexibility index (Phi) is 51.3. The molecule has 0 N–H and O–H groups in total. The number of ether oxygens (including phenoxy) is 3. The van der Waals surface area contributed by atoms with Gasteiger partial charge >= 0.3 is 17.9 Å². The number of carbonyl (C=O) groups excluding carboxylic acids is 3. The Hall–Kier alpha value is -2.37. The molecule has 0 rings (SSSR count). The SMILES string of the molecule is CCCCCC/C=C\C/C=C\CCCCCCCC(=O)OC(COC(=O)CCCCCCCCCCC/C=C\CCCCCCCC)COC(=O)CCCCCCCCCCCCC. The van der Waals surface area contributed by atoms with E-state index >= 15 is 0 Å². The number of esters is 3. The zero-order valence-corrected chi connectivity index (χ0v) is 42.8. The third-order valence-corrected chi connectivity index (χ3v) is 12.4. The Morgan fingerprint density at radius 1 is 0.312 bits per heavy atom. The van der Waals surface area contributed by atoms with E-state index in [9.17, 15) is 14.4 Å². The molecule has 6 heteroatoms. The van der Waals surface area contributed by atoms with Gasteiger partial charge in [-0.15, -0.1) is 0 Å². The van der Waals surface area contributed by atoms with Crippen molar-refractivity contribution < 1.29 is 28.6 Å². The van der Waals surface area contributed by atoms with Crippen LogP contribution in [0, 0.1) is 0 Å². The highest BCUT2D eigenvalue weighted by Gasteiger charge is 2.19. The minimum atomic E-state index is -0.776. The zero-order chi connectivity index (χ0) is 46.5. The van der Waals surface area contributed by atoms with E-state index in [1.807, 2.05) is 0 Å². The van der Waals surface area contributed by atoms with E-state index in [2.05, 4.69) is 57.2 Å². The van der Waals surface area contributed by atoms with Gasteiger partial charge in [0.25, 0.3) is 0 Å². The van der Waals surface area contributed by atoms with Crippen molar-refractivity contribution >= 4 is 17.9 Å². The lowest BCUT2D eigenvalue weighted by atomic mass is 10.1. The first-order valence-electron chi connectivity index (χ1n) is 28.0. The van der Waals surface area contributed by atoms with Crippen molar-refractivity contribution in [2.75, 3.05) is 13.2 Å². The van der Waals surface area contributed by atoms with Crippen LogP contribution < -0.4 is 0 Å². The Morgan fingerprint density at radius 2 is 0.562 bits per heavy atom. The van der Waals surface area contributed by atoms with Crippen LogP contribution in [0.4, 0.5) is 0 Å². The molecule has 1 atom stereocenters. The lowest BCUT2D eigenvalue weighted by Gasteiger charge is -2.18. The molecular formula is C58H106O6. The van der Waals surface area contributed by atoms with E-state index < -0.39 is 6.10 Å². The number of hydrogen-bond acceptors (Lipinski definition) is 6. The number of hydrogen-bond donors (Lipinski definition) is 0. The molecule has 0 saturated carbocycles.